The summed E-state index contributed by atoms with van der Waals surface area (Å²) in [5.74, 6) is -0.749. The van der Waals surface area contributed by atoms with Crippen LogP contribution in [-0.4, -0.2) is 23.0 Å². The van der Waals surface area contributed by atoms with Crippen molar-refractivity contribution in [2.24, 2.45) is 0 Å². The van der Waals surface area contributed by atoms with E-state index in [1.54, 1.807) is 6.92 Å². The molecule has 0 aliphatic carbocycles. The first-order chi connectivity index (χ1) is 10.8. The average molecular weight is 312 g/mol. The number of ketones is 1. The van der Waals surface area contributed by atoms with Crippen LogP contribution in [0.3, 0.4) is 0 Å². The fourth-order valence-electron chi connectivity index (χ4n) is 2.32. The van der Waals surface area contributed by atoms with Gasteiger partial charge in [0, 0.05) is 5.56 Å². The summed E-state index contributed by atoms with van der Waals surface area (Å²) in [7, 11) is 0. The van der Waals surface area contributed by atoms with E-state index in [-0.39, 0.29) is 11.5 Å². The molecule has 0 aliphatic rings. The second-order valence-electron chi connectivity index (χ2n) is 5.71. The number of carbonyl (C=O) groups is 2. The van der Waals surface area contributed by atoms with Crippen LogP contribution in [0.5, 0.6) is 5.75 Å². The topological polar surface area (TPSA) is 63.6 Å². The first kappa shape index (κ1) is 16.7. The number of phenolic OH excluding ortho intramolecular Hbond substituents is 1. The number of hydrogen-bond acceptors (Lipinski definition) is 4. The van der Waals surface area contributed by atoms with Gasteiger partial charge in [-0.2, -0.15) is 0 Å². The van der Waals surface area contributed by atoms with Crippen LogP contribution >= 0.6 is 0 Å². The molecule has 1 N–H and O–H groups in total. The lowest BCUT2D eigenvalue weighted by Crippen LogP contribution is -2.25. The molecule has 2 aromatic rings. The highest BCUT2D eigenvalue weighted by Gasteiger charge is 2.22. The Kier molecular flexibility index (Phi) is 4.84. The summed E-state index contributed by atoms with van der Waals surface area (Å²) in [6.45, 7) is 7.37. The molecule has 0 amide bonds. The minimum Gasteiger partial charge on any atom is -0.508 e. The molecule has 0 radical (unpaired) electrons. The van der Waals surface area contributed by atoms with E-state index < -0.39 is 12.1 Å². The summed E-state index contributed by atoms with van der Waals surface area (Å²) < 4.78 is 5.25. The third-order valence-corrected chi connectivity index (χ3v) is 3.86. The summed E-state index contributed by atoms with van der Waals surface area (Å²) in [4.78, 5) is 24.6. The molecule has 0 heterocycles. The first-order valence-electron chi connectivity index (χ1n) is 7.41. The second-order valence-corrected chi connectivity index (χ2v) is 5.71. The van der Waals surface area contributed by atoms with E-state index in [9.17, 15) is 14.7 Å². The lowest BCUT2D eigenvalue weighted by Gasteiger charge is -2.15. The zero-order valence-corrected chi connectivity index (χ0v) is 13.7. The van der Waals surface area contributed by atoms with Crippen molar-refractivity contribution in [3.8, 4) is 5.75 Å². The minimum atomic E-state index is -0.878. The Morgan fingerprint density at radius 3 is 2.13 bits per heavy atom. The van der Waals surface area contributed by atoms with Gasteiger partial charge in [-0.1, -0.05) is 6.07 Å². The van der Waals surface area contributed by atoms with E-state index in [0.717, 1.165) is 16.7 Å². The zero-order chi connectivity index (χ0) is 17.1. The smallest absolute Gasteiger partial charge is 0.338 e. The largest absolute Gasteiger partial charge is 0.508 e. The van der Waals surface area contributed by atoms with Crippen LogP contribution in [0.4, 0.5) is 0 Å². The van der Waals surface area contributed by atoms with Crippen LogP contribution in [-0.2, 0) is 4.74 Å². The molecule has 23 heavy (non-hydrogen) atoms. The van der Waals surface area contributed by atoms with Crippen LogP contribution < -0.4 is 0 Å². The fourth-order valence-corrected chi connectivity index (χ4v) is 2.32. The van der Waals surface area contributed by atoms with E-state index >= 15 is 0 Å². The number of benzene rings is 2. The van der Waals surface area contributed by atoms with E-state index in [0.29, 0.717) is 11.1 Å². The van der Waals surface area contributed by atoms with E-state index in [2.05, 4.69) is 0 Å². The van der Waals surface area contributed by atoms with Crippen LogP contribution in [0.25, 0.3) is 0 Å². The van der Waals surface area contributed by atoms with Crippen molar-refractivity contribution in [2.45, 2.75) is 33.8 Å². The molecule has 0 saturated heterocycles. The first-order valence-corrected chi connectivity index (χ1v) is 7.41. The van der Waals surface area contributed by atoms with Gasteiger partial charge in [0.15, 0.2) is 6.10 Å². The molecule has 0 unspecified atom stereocenters. The normalized spacial score (nSPS) is 11.8. The Balaban J connectivity index is 2.15. The van der Waals surface area contributed by atoms with Gasteiger partial charge in [-0.3, -0.25) is 4.79 Å². The SMILES string of the molecule is Cc1cc(C)c(C(=O)[C@@H](C)OC(=O)c2ccc(O)cc2)cc1C. The average Bonchev–Trinajstić information content (AvgIpc) is 2.50. The molecule has 0 fully saturated rings. The van der Waals surface area contributed by atoms with Crippen molar-refractivity contribution < 1.29 is 19.4 Å². The summed E-state index contributed by atoms with van der Waals surface area (Å²) in [6.07, 6.45) is -0.878. The third kappa shape index (κ3) is 3.77. The van der Waals surface area contributed by atoms with Crippen molar-refractivity contribution in [2.75, 3.05) is 0 Å². The number of Topliss-reactive ketones (excluding diaryl/α,β-unsaturated/α-hetero) is 1. The summed E-state index contributed by atoms with van der Waals surface area (Å²) in [5.41, 5.74) is 3.87. The van der Waals surface area contributed by atoms with Gasteiger partial charge in [-0.15, -0.1) is 0 Å². The minimum absolute atomic E-state index is 0.0661. The van der Waals surface area contributed by atoms with Gasteiger partial charge >= 0.3 is 5.97 Å². The molecule has 0 aliphatic heterocycles. The Hall–Kier alpha value is -2.62. The molecule has 4 nitrogen and oxygen atoms in total. The summed E-state index contributed by atoms with van der Waals surface area (Å²) in [6, 6.07) is 9.49. The maximum absolute atomic E-state index is 12.5. The van der Waals surface area contributed by atoms with Crippen molar-refractivity contribution in [3.63, 3.8) is 0 Å². The number of hydrogen-bond donors (Lipinski definition) is 1. The number of aryl methyl sites for hydroxylation is 3. The van der Waals surface area contributed by atoms with Crippen LogP contribution in [0, 0.1) is 20.8 Å². The van der Waals surface area contributed by atoms with Gasteiger partial charge in [-0.25, -0.2) is 4.79 Å². The van der Waals surface area contributed by atoms with Gasteiger partial charge in [0.1, 0.15) is 5.75 Å². The third-order valence-electron chi connectivity index (χ3n) is 3.86. The van der Waals surface area contributed by atoms with Gasteiger partial charge in [0.05, 0.1) is 5.56 Å². The van der Waals surface area contributed by atoms with Gasteiger partial charge in [-0.05, 0) is 74.7 Å². The van der Waals surface area contributed by atoms with Crippen LogP contribution in [0.2, 0.25) is 0 Å². The molecule has 0 bridgehead atoms. The molecule has 4 heteroatoms. The van der Waals surface area contributed by atoms with Crippen molar-refractivity contribution in [1.29, 1.82) is 0 Å². The number of carbonyl (C=O) groups excluding carboxylic acids is 2. The van der Waals surface area contributed by atoms with Gasteiger partial charge < -0.3 is 9.84 Å². The Morgan fingerprint density at radius 2 is 1.52 bits per heavy atom. The monoisotopic (exact) mass is 312 g/mol. The van der Waals surface area contributed by atoms with Crippen molar-refractivity contribution in [1.82, 2.24) is 0 Å². The van der Waals surface area contributed by atoms with Crippen LogP contribution in [0.15, 0.2) is 36.4 Å². The van der Waals surface area contributed by atoms with Crippen molar-refractivity contribution in [3.05, 3.63) is 64.2 Å². The lowest BCUT2D eigenvalue weighted by molar-refractivity contribution is 0.0318. The standard InChI is InChI=1S/C19H20O4/c1-11-9-13(3)17(10-12(11)2)18(21)14(4)23-19(22)15-5-7-16(20)8-6-15/h5-10,14,20H,1-4H3/t14-/m1/s1. The summed E-state index contributed by atoms with van der Waals surface area (Å²) in [5, 5.41) is 9.23. The lowest BCUT2D eigenvalue weighted by atomic mass is 9.96. The molecular formula is C19H20O4. The van der Waals surface area contributed by atoms with Gasteiger partial charge in [0.25, 0.3) is 0 Å². The molecule has 0 aromatic heterocycles. The molecule has 2 rings (SSSR count). The predicted molar refractivity (Wildman–Crippen MR) is 88.0 cm³/mol. The maximum Gasteiger partial charge on any atom is 0.338 e. The van der Waals surface area contributed by atoms with E-state index in [1.165, 1.54) is 24.3 Å². The number of ether oxygens (including phenoxy) is 1. The van der Waals surface area contributed by atoms with E-state index in [4.69, 9.17) is 4.74 Å². The number of rotatable bonds is 4. The molecule has 120 valence electrons. The zero-order valence-electron chi connectivity index (χ0n) is 13.7. The highest BCUT2D eigenvalue weighted by Crippen LogP contribution is 2.19. The fraction of sp³-hybridized carbons (Fsp3) is 0.263. The number of phenols is 1. The van der Waals surface area contributed by atoms with Crippen molar-refractivity contribution >= 4 is 11.8 Å². The van der Waals surface area contributed by atoms with Crippen LogP contribution in [0.1, 0.15) is 44.3 Å². The van der Waals surface area contributed by atoms with Gasteiger partial charge in [0.2, 0.25) is 5.78 Å². The Morgan fingerprint density at radius 1 is 0.957 bits per heavy atom. The Bertz CT molecular complexity index is 745. The second kappa shape index (κ2) is 6.65. The molecule has 2 aromatic carbocycles. The molecule has 1 atom stereocenters. The number of esters is 1. The predicted octanol–water partition coefficient (Wildman–Crippen LogP) is 3.75. The Labute approximate surface area is 135 Å². The molecular weight excluding hydrogens is 292 g/mol. The highest BCUT2D eigenvalue weighted by atomic mass is 16.5. The maximum atomic E-state index is 12.5. The highest BCUT2D eigenvalue weighted by molar-refractivity contribution is 6.02. The number of aromatic hydroxyl groups is 1. The summed E-state index contributed by atoms with van der Waals surface area (Å²) >= 11 is 0. The molecule has 0 saturated carbocycles. The quantitative estimate of drug-likeness (QED) is 0.690. The van der Waals surface area contributed by atoms with E-state index in [1.807, 2.05) is 32.9 Å². The molecule has 0 spiro atoms.